The van der Waals surface area contributed by atoms with Crippen molar-refractivity contribution in [2.24, 2.45) is 0 Å². The summed E-state index contributed by atoms with van der Waals surface area (Å²) in [5, 5.41) is 3.36. The maximum atomic E-state index is 3.36. The number of hydrogen-bond acceptors (Lipinski definition) is 1. The van der Waals surface area contributed by atoms with Gasteiger partial charge in [-0.3, -0.25) is 0 Å². The van der Waals surface area contributed by atoms with Crippen LogP contribution >= 0.6 is 0 Å². The number of rotatable bonds is 12. The van der Waals surface area contributed by atoms with E-state index in [4.69, 9.17) is 0 Å². The fraction of sp³-hybridized carbons (Fsp3) is 0.882. The van der Waals surface area contributed by atoms with Crippen LogP contribution in [0.4, 0.5) is 0 Å². The average Bonchev–Trinajstić information content (AvgIpc) is 2.40. The van der Waals surface area contributed by atoms with Crippen LogP contribution in [0.25, 0.3) is 0 Å². The van der Waals surface area contributed by atoms with E-state index in [1.807, 2.05) is 6.92 Å². The lowest BCUT2D eigenvalue weighted by Gasteiger charge is -2.12. The highest BCUT2D eigenvalue weighted by Crippen LogP contribution is 2.12. The molecule has 0 radical (unpaired) electrons. The second kappa shape index (κ2) is 14.6. The van der Waals surface area contributed by atoms with Crippen molar-refractivity contribution in [1.82, 2.24) is 5.32 Å². The molecule has 0 heterocycles. The van der Waals surface area contributed by atoms with E-state index >= 15 is 0 Å². The molecule has 0 aromatic carbocycles. The summed E-state index contributed by atoms with van der Waals surface area (Å²) >= 11 is 0. The Labute approximate surface area is 115 Å². The molecule has 18 heavy (non-hydrogen) atoms. The van der Waals surface area contributed by atoms with Crippen LogP contribution in [0.2, 0.25) is 0 Å². The molecule has 1 heteroatoms. The minimum absolute atomic E-state index is 0.599. The van der Waals surface area contributed by atoms with Crippen molar-refractivity contribution in [3.8, 4) is 11.8 Å². The first-order valence-electron chi connectivity index (χ1n) is 7.92. The standard InChI is InChI=1S/C17H33N/c1-4-6-8-9-10-11-12-13-14-16-17(18-3)15-7-5-2/h17-18H,4,6,8-16H2,1-3H3. The molecule has 0 saturated carbocycles. The van der Waals surface area contributed by atoms with Gasteiger partial charge in [0, 0.05) is 12.5 Å². The lowest BCUT2D eigenvalue weighted by Crippen LogP contribution is -2.24. The fourth-order valence-electron chi connectivity index (χ4n) is 2.28. The van der Waals surface area contributed by atoms with Crippen molar-refractivity contribution >= 4 is 0 Å². The molecule has 0 bridgehead atoms. The molecule has 0 aromatic rings. The van der Waals surface area contributed by atoms with E-state index in [-0.39, 0.29) is 0 Å². The quantitative estimate of drug-likeness (QED) is 0.384. The van der Waals surface area contributed by atoms with E-state index in [1.54, 1.807) is 0 Å². The summed E-state index contributed by atoms with van der Waals surface area (Å²) in [5.74, 6) is 6.15. The van der Waals surface area contributed by atoms with E-state index in [0.717, 1.165) is 6.42 Å². The van der Waals surface area contributed by atoms with Gasteiger partial charge in [0.2, 0.25) is 0 Å². The summed E-state index contributed by atoms with van der Waals surface area (Å²) in [6.45, 7) is 4.20. The van der Waals surface area contributed by atoms with Crippen molar-refractivity contribution in [1.29, 1.82) is 0 Å². The Morgan fingerprint density at radius 2 is 1.44 bits per heavy atom. The minimum atomic E-state index is 0.599. The zero-order chi connectivity index (χ0) is 13.5. The molecule has 0 saturated heterocycles. The lowest BCUT2D eigenvalue weighted by atomic mass is 10.0. The predicted molar refractivity (Wildman–Crippen MR) is 82.8 cm³/mol. The molecule has 0 fully saturated rings. The second-order valence-electron chi connectivity index (χ2n) is 5.23. The van der Waals surface area contributed by atoms with Crippen molar-refractivity contribution in [2.75, 3.05) is 7.05 Å². The van der Waals surface area contributed by atoms with Gasteiger partial charge in [0.05, 0.1) is 0 Å². The van der Waals surface area contributed by atoms with E-state index < -0.39 is 0 Å². The number of nitrogens with one attached hydrogen (secondary N) is 1. The van der Waals surface area contributed by atoms with Gasteiger partial charge in [0.25, 0.3) is 0 Å². The molecular weight excluding hydrogens is 218 g/mol. The highest BCUT2D eigenvalue weighted by Gasteiger charge is 2.03. The molecular formula is C17H33N. The molecule has 1 N–H and O–H groups in total. The molecule has 0 aliphatic heterocycles. The summed E-state index contributed by atoms with van der Waals surface area (Å²) in [7, 11) is 2.05. The largest absolute Gasteiger partial charge is 0.316 e. The van der Waals surface area contributed by atoms with Crippen LogP contribution in [0.3, 0.4) is 0 Å². The van der Waals surface area contributed by atoms with Crippen molar-refractivity contribution in [3.05, 3.63) is 0 Å². The van der Waals surface area contributed by atoms with Crippen LogP contribution in [0, 0.1) is 11.8 Å². The average molecular weight is 251 g/mol. The summed E-state index contributed by atoms with van der Waals surface area (Å²) in [6.07, 6.45) is 15.0. The first kappa shape index (κ1) is 17.5. The van der Waals surface area contributed by atoms with Crippen LogP contribution in [-0.2, 0) is 0 Å². The van der Waals surface area contributed by atoms with Gasteiger partial charge in [0.1, 0.15) is 0 Å². The van der Waals surface area contributed by atoms with Crippen molar-refractivity contribution in [2.45, 2.75) is 90.5 Å². The summed E-state index contributed by atoms with van der Waals surface area (Å²) in [6, 6.07) is 0.599. The first-order valence-corrected chi connectivity index (χ1v) is 7.92. The molecule has 106 valence electrons. The summed E-state index contributed by atoms with van der Waals surface area (Å²) in [5.41, 5.74) is 0. The van der Waals surface area contributed by atoms with E-state index in [1.165, 1.54) is 64.2 Å². The number of hydrogen-bond donors (Lipinski definition) is 1. The van der Waals surface area contributed by atoms with Crippen molar-refractivity contribution < 1.29 is 0 Å². The second-order valence-corrected chi connectivity index (χ2v) is 5.23. The topological polar surface area (TPSA) is 12.0 Å². The molecule has 0 rings (SSSR count). The SMILES string of the molecule is CC#CCC(CCCCCCCCCCC)NC. The van der Waals surface area contributed by atoms with Crippen molar-refractivity contribution in [3.63, 3.8) is 0 Å². The van der Waals surface area contributed by atoms with Crippen LogP contribution in [0.1, 0.15) is 84.5 Å². The molecule has 0 aliphatic rings. The smallest absolute Gasteiger partial charge is 0.0243 e. The van der Waals surface area contributed by atoms with Gasteiger partial charge in [-0.25, -0.2) is 0 Å². The maximum Gasteiger partial charge on any atom is 0.0243 e. The third-order valence-electron chi connectivity index (χ3n) is 3.59. The number of unbranched alkanes of at least 4 members (excludes halogenated alkanes) is 8. The normalized spacial score (nSPS) is 11.9. The zero-order valence-corrected chi connectivity index (χ0v) is 12.9. The Morgan fingerprint density at radius 3 is 1.94 bits per heavy atom. The third-order valence-corrected chi connectivity index (χ3v) is 3.59. The monoisotopic (exact) mass is 251 g/mol. The summed E-state index contributed by atoms with van der Waals surface area (Å²) < 4.78 is 0. The molecule has 1 unspecified atom stereocenters. The first-order chi connectivity index (χ1) is 8.85. The summed E-state index contributed by atoms with van der Waals surface area (Å²) in [4.78, 5) is 0. The van der Waals surface area contributed by atoms with E-state index in [0.29, 0.717) is 6.04 Å². The van der Waals surface area contributed by atoms with Gasteiger partial charge in [-0.1, -0.05) is 64.7 Å². The molecule has 0 spiro atoms. The predicted octanol–water partition coefficient (Wildman–Crippen LogP) is 4.91. The maximum absolute atomic E-state index is 3.36. The van der Waals surface area contributed by atoms with Gasteiger partial charge in [0.15, 0.2) is 0 Å². The molecule has 0 aliphatic carbocycles. The molecule has 0 aromatic heterocycles. The van der Waals surface area contributed by atoms with Gasteiger partial charge in [-0.2, -0.15) is 0 Å². The lowest BCUT2D eigenvalue weighted by molar-refractivity contribution is 0.485. The van der Waals surface area contributed by atoms with E-state index in [9.17, 15) is 0 Å². The molecule has 0 amide bonds. The van der Waals surface area contributed by atoms with Gasteiger partial charge >= 0.3 is 0 Å². The van der Waals surface area contributed by atoms with Crippen LogP contribution in [-0.4, -0.2) is 13.1 Å². The third kappa shape index (κ3) is 12.0. The van der Waals surface area contributed by atoms with Gasteiger partial charge in [-0.15, -0.1) is 11.8 Å². The highest BCUT2D eigenvalue weighted by molar-refractivity contribution is 4.97. The Hall–Kier alpha value is -0.480. The Morgan fingerprint density at radius 1 is 0.889 bits per heavy atom. The van der Waals surface area contributed by atoms with Crippen LogP contribution < -0.4 is 5.32 Å². The molecule has 1 atom stereocenters. The fourth-order valence-corrected chi connectivity index (χ4v) is 2.28. The zero-order valence-electron chi connectivity index (χ0n) is 12.9. The highest BCUT2D eigenvalue weighted by atomic mass is 14.9. The van der Waals surface area contributed by atoms with Gasteiger partial charge < -0.3 is 5.32 Å². The van der Waals surface area contributed by atoms with Crippen LogP contribution in [0.15, 0.2) is 0 Å². The minimum Gasteiger partial charge on any atom is -0.316 e. The van der Waals surface area contributed by atoms with E-state index in [2.05, 4.69) is 31.1 Å². The Balaban J connectivity index is 3.24. The Bertz CT molecular complexity index is 211. The molecule has 1 nitrogen and oxygen atoms in total. The van der Waals surface area contributed by atoms with Crippen LogP contribution in [0.5, 0.6) is 0 Å². The Kier molecular flexibility index (Phi) is 14.2. The van der Waals surface area contributed by atoms with Gasteiger partial charge in [-0.05, 0) is 20.4 Å².